The van der Waals surface area contributed by atoms with Crippen LogP contribution in [0, 0.1) is 0 Å². The summed E-state index contributed by atoms with van der Waals surface area (Å²) in [5, 5.41) is 12.3. The third-order valence-corrected chi connectivity index (χ3v) is 3.17. The Kier molecular flexibility index (Phi) is 6.41. The van der Waals surface area contributed by atoms with Gasteiger partial charge in [0.15, 0.2) is 0 Å². The minimum Gasteiger partial charge on any atom is -0.394 e. The Hall–Kier alpha value is -0.120. The third kappa shape index (κ3) is 6.13. The smallest absolute Gasteiger partial charge is 0.0623 e. The summed E-state index contributed by atoms with van der Waals surface area (Å²) in [7, 11) is 1.88. The highest BCUT2D eigenvalue weighted by Crippen LogP contribution is 2.16. The van der Waals surface area contributed by atoms with Crippen LogP contribution < -0.4 is 5.32 Å². The topological polar surface area (TPSA) is 41.5 Å². The van der Waals surface area contributed by atoms with Crippen molar-refractivity contribution in [1.29, 1.82) is 0 Å². The second kappa shape index (κ2) is 6.46. The monoisotopic (exact) mass is 217 g/mol. The van der Waals surface area contributed by atoms with Crippen LogP contribution in [0.15, 0.2) is 0 Å². The molecule has 0 amide bonds. The second-order valence-corrected chi connectivity index (χ2v) is 5.03. The van der Waals surface area contributed by atoms with Gasteiger partial charge in [-0.1, -0.05) is 6.92 Å². The van der Waals surface area contributed by atoms with Gasteiger partial charge in [-0.25, -0.2) is 0 Å². The van der Waals surface area contributed by atoms with Gasteiger partial charge in [0.2, 0.25) is 0 Å². The first-order chi connectivity index (χ1) is 6.89. The van der Waals surface area contributed by atoms with Crippen LogP contribution in [0.3, 0.4) is 0 Å². The van der Waals surface area contributed by atoms with Gasteiger partial charge in [0.25, 0.3) is 0 Å². The minimum absolute atomic E-state index is 0.0186. The molecule has 1 unspecified atom stereocenters. The average Bonchev–Trinajstić information content (AvgIpc) is 2.24. The molecule has 92 valence electrons. The molecule has 3 heteroatoms. The Morgan fingerprint density at radius 1 is 1.27 bits per heavy atom. The standard InChI is InChI=1S/C12H27NO2/c1-6-11(2,3)15-9-7-8-12(4,10-14)13-5/h13-14H,6-10H2,1-5H3. The number of aliphatic hydroxyl groups is 1. The summed E-state index contributed by atoms with van der Waals surface area (Å²) in [6.45, 7) is 9.30. The molecule has 0 saturated carbocycles. The highest BCUT2D eigenvalue weighted by molar-refractivity contribution is 4.80. The van der Waals surface area contributed by atoms with Crippen LogP contribution in [-0.4, -0.2) is 36.5 Å². The first kappa shape index (κ1) is 14.9. The normalized spacial score (nSPS) is 16.4. The van der Waals surface area contributed by atoms with Crippen molar-refractivity contribution in [2.75, 3.05) is 20.3 Å². The van der Waals surface area contributed by atoms with E-state index in [0.717, 1.165) is 25.9 Å². The molecule has 0 heterocycles. The van der Waals surface area contributed by atoms with Gasteiger partial charge in [-0.15, -0.1) is 0 Å². The maximum Gasteiger partial charge on any atom is 0.0623 e. The number of likely N-dealkylation sites (N-methyl/N-ethyl adjacent to an activating group) is 1. The lowest BCUT2D eigenvalue weighted by atomic mass is 9.97. The lowest BCUT2D eigenvalue weighted by Gasteiger charge is -2.28. The summed E-state index contributed by atoms with van der Waals surface area (Å²) >= 11 is 0. The zero-order valence-corrected chi connectivity index (χ0v) is 10.9. The van der Waals surface area contributed by atoms with E-state index in [2.05, 4.69) is 26.1 Å². The van der Waals surface area contributed by atoms with E-state index in [1.54, 1.807) is 0 Å². The molecular weight excluding hydrogens is 190 g/mol. The molecule has 0 aromatic carbocycles. The summed E-state index contributed by atoms with van der Waals surface area (Å²) in [5.41, 5.74) is -0.186. The van der Waals surface area contributed by atoms with Crippen LogP contribution in [0.5, 0.6) is 0 Å². The van der Waals surface area contributed by atoms with Crippen molar-refractivity contribution in [2.45, 2.75) is 58.1 Å². The second-order valence-electron chi connectivity index (χ2n) is 5.03. The molecule has 0 rings (SSSR count). The van der Waals surface area contributed by atoms with Gasteiger partial charge < -0.3 is 15.2 Å². The quantitative estimate of drug-likeness (QED) is 0.611. The van der Waals surface area contributed by atoms with Crippen LogP contribution >= 0.6 is 0 Å². The first-order valence-corrected chi connectivity index (χ1v) is 5.83. The maximum absolute atomic E-state index is 9.19. The summed E-state index contributed by atoms with van der Waals surface area (Å²) in [6, 6.07) is 0. The van der Waals surface area contributed by atoms with Gasteiger partial charge >= 0.3 is 0 Å². The van der Waals surface area contributed by atoms with Gasteiger partial charge in [-0.3, -0.25) is 0 Å². The molecule has 0 aromatic rings. The zero-order chi connectivity index (χ0) is 11.9. The molecule has 0 saturated heterocycles. The van der Waals surface area contributed by atoms with Crippen molar-refractivity contribution in [1.82, 2.24) is 5.32 Å². The molecule has 0 bridgehead atoms. The summed E-state index contributed by atoms with van der Waals surface area (Å²) in [4.78, 5) is 0. The van der Waals surface area contributed by atoms with Crippen molar-refractivity contribution < 1.29 is 9.84 Å². The van der Waals surface area contributed by atoms with Crippen molar-refractivity contribution in [3.8, 4) is 0 Å². The Labute approximate surface area is 94.2 Å². The number of rotatable bonds is 8. The predicted octanol–water partition coefficient (Wildman–Crippen LogP) is 1.94. The van der Waals surface area contributed by atoms with Crippen LogP contribution in [0.1, 0.15) is 47.0 Å². The van der Waals surface area contributed by atoms with Crippen LogP contribution in [0.25, 0.3) is 0 Å². The average molecular weight is 217 g/mol. The van der Waals surface area contributed by atoms with E-state index in [1.165, 1.54) is 0 Å². The molecule has 0 fully saturated rings. The van der Waals surface area contributed by atoms with Gasteiger partial charge in [0, 0.05) is 12.1 Å². The zero-order valence-electron chi connectivity index (χ0n) is 10.9. The minimum atomic E-state index is -0.167. The van der Waals surface area contributed by atoms with E-state index in [9.17, 15) is 5.11 Å². The highest BCUT2D eigenvalue weighted by atomic mass is 16.5. The predicted molar refractivity (Wildman–Crippen MR) is 64.1 cm³/mol. The van der Waals surface area contributed by atoms with E-state index in [4.69, 9.17) is 4.74 Å². The molecule has 3 nitrogen and oxygen atoms in total. The fourth-order valence-corrected chi connectivity index (χ4v) is 1.20. The van der Waals surface area contributed by atoms with Gasteiger partial charge in [0.1, 0.15) is 0 Å². The third-order valence-electron chi connectivity index (χ3n) is 3.17. The van der Waals surface area contributed by atoms with Crippen molar-refractivity contribution >= 4 is 0 Å². The summed E-state index contributed by atoms with van der Waals surface area (Å²) in [5.74, 6) is 0. The summed E-state index contributed by atoms with van der Waals surface area (Å²) in [6.07, 6.45) is 2.93. The van der Waals surface area contributed by atoms with E-state index < -0.39 is 0 Å². The van der Waals surface area contributed by atoms with Gasteiger partial charge in [-0.2, -0.15) is 0 Å². The molecule has 15 heavy (non-hydrogen) atoms. The van der Waals surface area contributed by atoms with E-state index in [0.29, 0.717) is 0 Å². The van der Waals surface area contributed by atoms with Gasteiger partial charge in [-0.05, 0) is 47.1 Å². The number of ether oxygens (including phenoxy) is 1. The van der Waals surface area contributed by atoms with E-state index in [1.807, 2.05) is 14.0 Å². The molecule has 0 aliphatic rings. The first-order valence-electron chi connectivity index (χ1n) is 5.83. The largest absolute Gasteiger partial charge is 0.394 e. The molecule has 0 aromatic heterocycles. The van der Waals surface area contributed by atoms with Crippen LogP contribution in [0.4, 0.5) is 0 Å². The number of aliphatic hydroxyl groups excluding tert-OH is 1. The lowest BCUT2D eigenvalue weighted by molar-refractivity contribution is -0.0242. The van der Waals surface area contributed by atoms with Crippen molar-refractivity contribution in [2.24, 2.45) is 0 Å². The van der Waals surface area contributed by atoms with E-state index in [-0.39, 0.29) is 17.7 Å². The van der Waals surface area contributed by atoms with Crippen LogP contribution in [0.2, 0.25) is 0 Å². The van der Waals surface area contributed by atoms with Crippen LogP contribution in [-0.2, 0) is 4.74 Å². The maximum atomic E-state index is 9.19. The van der Waals surface area contributed by atoms with Gasteiger partial charge in [0.05, 0.1) is 12.2 Å². The number of hydrogen-bond donors (Lipinski definition) is 2. The molecule has 0 spiro atoms. The lowest BCUT2D eigenvalue weighted by Crippen LogP contribution is -2.43. The number of nitrogens with one attached hydrogen (secondary N) is 1. The van der Waals surface area contributed by atoms with Crippen molar-refractivity contribution in [3.05, 3.63) is 0 Å². The molecule has 0 aliphatic carbocycles. The molecule has 2 N–H and O–H groups in total. The Balaban J connectivity index is 3.71. The highest BCUT2D eigenvalue weighted by Gasteiger charge is 2.21. The Morgan fingerprint density at radius 2 is 1.87 bits per heavy atom. The molecule has 0 aliphatic heterocycles. The Morgan fingerprint density at radius 3 is 2.27 bits per heavy atom. The fourth-order valence-electron chi connectivity index (χ4n) is 1.20. The summed E-state index contributed by atoms with van der Waals surface area (Å²) < 4.78 is 5.75. The fraction of sp³-hybridized carbons (Fsp3) is 1.00. The van der Waals surface area contributed by atoms with Crippen molar-refractivity contribution in [3.63, 3.8) is 0 Å². The molecule has 0 radical (unpaired) electrons. The van der Waals surface area contributed by atoms with E-state index >= 15 is 0 Å². The molecule has 1 atom stereocenters. The Bertz CT molecular complexity index is 165. The molecular formula is C12H27NO2. The number of hydrogen-bond acceptors (Lipinski definition) is 3. The SMILES string of the molecule is CCC(C)(C)OCCCC(C)(CO)NC.